The Morgan fingerprint density at radius 3 is 2.30 bits per heavy atom. The van der Waals surface area contributed by atoms with Crippen LogP contribution >= 0.6 is 0 Å². The fraction of sp³-hybridized carbons (Fsp3) is 0.655. The molecule has 71 heavy (non-hydrogen) atoms. The van der Waals surface area contributed by atoms with Crippen LogP contribution in [-0.2, 0) is 38.2 Å². The number of carbonyl (C=O) groups excluding carboxylic acids is 5. The zero-order valence-corrected chi connectivity index (χ0v) is 42.6. The molecule has 2 saturated heterocycles. The summed E-state index contributed by atoms with van der Waals surface area (Å²) < 4.78 is 23.9. The number of nitro benzene ring substituents is 1. The lowest BCUT2D eigenvalue weighted by molar-refractivity contribution is -0.384. The molecule has 16 heteroatoms. The first-order valence-electron chi connectivity index (χ1n) is 25.8. The number of piperidine rings is 1. The summed E-state index contributed by atoms with van der Waals surface area (Å²) >= 11 is 0. The Bertz CT molecular complexity index is 2110. The Morgan fingerprint density at radius 1 is 0.887 bits per heavy atom. The molecule has 3 fully saturated rings. The van der Waals surface area contributed by atoms with Gasteiger partial charge >= 0.3 is 11.9 Å². The van der Waals surface area contributed by atoms with Crippen molar-refractivity contribution in [3.05, 3.63) is 82.0 Å². The number of methoxy groups -OCH3 is 1. The number of hydrogen-bond acceptors (Lipinski definition) is 14. The topological polar surface area (TPSA) is 229 Å². The number of amides is 1. The lowest BCUT2D eigenvalue weighted by Gasteiger charge is -2.39. The molecule has 0 aromatic heterocycles. The van der Waals surface area contributed by atoms with Crippen LogP contribution in [0.25, 0.3) is 0 Å². The molecule has 1 aromatic rings. The fourth-order valence-electron chi connectivity index (χ4n) is 10.5. The third-order valence-corrected chi connectivity index (χ3v) is 15.0. The van der Waals surface area contributed by atoms with Gasteiger partial charge in [-0.05, 0) is 144 Å². The van der Waals surface area contributed by atoms with E-state index in [2.05, 4.69) is 0 Å². The monoisotopic (exact) mass is 991 g/mol. The van der Waals surface area contributed by atoms with Gasteiger partial charge in [-0.2, -0.15) is 0 Å². The second-order valence-electron chi connectivity index (χ2n) is 20.7. The maximum Gasteiger partial charge on any atom is 0.329 e. The average Bonchev–Trinajstić information content (AvgIpc) is 3.34. The number of aliphatic hydroxyl groups excluding tert-OH is 2. The first-order valence-corrected chi connectivity index (χ1v) is 25.8. The van der Waals surface area contributed by atoms with E-state index < -0.39 is 76.6 Å². The molecule has 10 atom stereocenters. The van der Waals surface area contributed by atoms with Gasteiger partial charge in [-0.15, -0.1) is 0 Å². The molecular formula is C55H78N2O14. The van der Waals surface area contributed by atoms with E-state index in [1.54, 1.807) is 14.0 Å². The number of Topliss-reactive ketones (excluding diaryl/α,β-unsaturated/α-hetero) is 2. The molecule has 4 aliphatic rings. The van der Waals surface area contributed by atoms with Crippen molar-refractivity contribution < 1.29 is 63.2 Å². The highest BCUT2D eigenvalue weighted by atomic mass is 16.6. The molecule has 1 aliphatic carbocycles. The van der Waals surface area contributed by atoms with Crippen LogP contribution in [0, 0.1) is 39.7 Å². The number of ether oxygens (including phenoxy) is 4. The van der Waals surface area contributed by atoms with Crippen molar-refractivity contribution >= 4 is 35.1 Å². The number of nitro groups is 1. The van der Waals surface area contributed by atoms with Gasteiger partial charge in [0, 0.05) is 57.4 Å². The molecule has 0 spiro atoms. The quantitative estimate of drug-likeness (QED) is 0.0555. The second-order valence-corrected chi connectivity index (χ2v) is 20.7. The molecular weight excluding hydrogens is 913 g/mol. The Hall–Kier alpha value is -4.87. The highest BCUT2D eigenvalue weighted by Crippen LogP contribution is 2.35. The maximum absolute atomic E-state index is 14.5. The number of rotatable bonds is 8. The van der Waals surface area contributed by atoms with Crippen molar-refractivity contribution in [1.29, 1.82) is 0 Å². The average molecular weight is 991 g/mol. The number of benzene rings is 1. The number of aliphatic hydroxyl groups is 3. The van der Waals surface area contributed by atoms with E-state index in [4.69, 9.17) is 18.9 Å². The van der Waals surface area contributed by atoms with Crippen LogP contribution in [0.1, 0.15) is 144 Å². The summed E-state index contributed by atoms with van der Waals surface area (Å²) in [5.41, 5.74) is 1.23. The number of nitrogens with zero attached hydrogens (tertiary/aromatic N) is 2. The van der Waals surface area contributed by atoms with Crippen molar-refractivity contribution in [2.24, 2.45) is 29.6 Å². The van der Waals surface area contributed by atoms with Gasteiger partial charge in [0.2, 0.25) is 5.79 Å². The van der Waals surface area contributed by atoms with E-state index in [1.165, 1.54) is 29.2 Å². The Balaban J connectivity index is 1.48. The molecule has 392 valence electrons. The van der Waals surface area contributed by atoms with E-state index in [-0.39, 0.29) is 79.7 Å². The van der Waals surface area contributed by atoms with Crippen molar-refractivity contribution in [2.45, 2.75) is 186 Å². The molecule has 1 saturated carbocycles. The normalized spacial score (nSPS) is 35.2. The minimum Gasteiger partial charge on any atom is -0.461 e. The van der Waals surface area contributed by atoms with E-state index in [0.717, 1.165) is 18.4 Å². The van der Waals surface area contributed by atoms with Gasteiger partial charge < -0.3 is 39.2 Å². The first-order chi connectivity index (χ1) is 33.8. The molecule has 1 aromatic carbocycles. The summed E-state index contributed by atoms with van der Waals surface area (Å²) in [4.78, 5) is 82.1. The number of esters is 2. The maximum atomic E-state index is 14.5. The number of fused-ring (bicyclic) bond motifs is 3. The number of non-ortho nitro benzene ring substituents is 1. The molecule has 16 nitrogen and oxygen atoms in total. The van der Waals surface area contributed by atoms with Crippen LogP contribution in [0.5, 0.6) is 5.75 Å². The molecule has 3 heterocycles. The SMILES string of the molecule is CO[C@H]1CC2CCC[C@@](O)(O2)C(=O)C(=O)N2CCCC[C@H]2C(=O)O[C@H](CC[C@H]2CC[C@H](O)CC2)C[C@@H](CC(=O)Oc2ccc([N+](=O)[O-])cc2)[C@H](C)/C=C(\C)[C@@H](O)CC(=O)[C@H](C)C[C@H](C)/C=C/C=C/C=C/1C. The van der Waals surface area contributed by atoms with E-state index in [9.17, 15) is 49.4 Å². The predicted octanol–water partition coefficient (Wildman–Crippen LogP) is 8.39. The standard InChI is InChI=1S/C55H78N2O14/c1-35-13-8-7-9-14-36(2)50(68-6)33-46-15-12-27-55(65,71-46)52(62)53(63)56-28-11-10-16-47(56)54(64)70-45(24-19-40-17-22-43(58)23-18-40)31-41(32-51(61)69-44-25-20-42(21-26-44)57(66)67)37(3)30-39(5)49(60)34-48(59)38(4)29-35/h7-9,13-14,20-21,25-26,30,35,37-38,40-41,43,45-47,49-50,58,60,65H,10-12,15-19,22-24,27-29,31-34H2,1-6H3/b9-7+,13-8+,36-14+,39-30+/t35-,37-,38-,40-,41+,43-,45-,46?,47+,49+,50+,55-/m1/s1. The Kier molecular flexibility index (Phi) is 21.9. The van der Waals surface area contributed by atoms with Gasteiger partial charge in [-0.25, -0.2) is 4.79 Å². The van der Waals surface area contributed by atoms with Crippen LogP contribution in [0.3, 0.4) is 0 Å². The van der Waals surface area contributed by atoms with E-state index >= 15 is 0 Å². The third kappa shape index (κ3) is 17.1. The molecule has 1 amide bonds. The van der Waals surface area contributed by atoms with Gasteiger partial charge in [-0.3, -0.25) is 29.3 Å². The lowest BCUT2D eigenvalue weighted by Crippen LogP contribution is -2.58. The van der Waals surface area contributed by atoms with Gasteiger partial charge in [0.15, 0.2) is 0 Å². The molecule has 3 aliphatic heterocycles. The van der Waals surface area contributed by atoms with Gasteiger partial charge in [0.1, 0.15) is 23.7 Å². The third-order valence-electron chi connectivity index (χ3n) is 15.0. The van der Waals surface area contributed by atoms with Gasteiger partial charge in [0.05, 0.1) is 29.3 Å². The van der Waals surface area contributed by atoms with Crippen molar-refractivity contribution in [1.82, 2.24) is 4.90 Å². The highest BCUT2D eigenvalue weighted by molar-refractivity contribution is 6.39. The van der Waals surface area contributed by atoms with E-state index in [1.807, 2.05) is 64.2 Å². The zero-order valence-electron chi connectivity index (χ0n) is 42.6. The second kappa shape index (κ2) is 27.3. The molecule has 3 N–H and O–H groups in total. The summed E-state index contributed by atoms with van der Waals surface area (Å²) in [7, 11) is 1.57. The summed E-state index contributed by atoms with van der Waals surface area (Å²) in [5.74, 6) is -6.98. The van der Waals surface area contributed by atoms with Crippen LogP contribution in [-0.4, -0.2) is 111 Å². The minimum atomic E-state index is -2.41. The van der Waals surface area contributed by atoms with Crippen LogP contribution < -0.4 is 4.74 Å². The summed E-state index contributed by atoms with van der Waals surface area (Å²) in [6, 6.07) is 3.99. The fourth-order valence-corrected chi connectivity index (χ4v) is 10.5. The number of allylic oxidation sites excluding steroid dienone is 6. The van der Waals surface area contributed by atoms with Crippen LogP contribution in [0.2, 0.25) is 0 Å². The van der Waals surface area contributed by atoms with Crippen molar-refractivity contribution in [3.8, 4) is 5.75 Å². The zero-order chi connectivity index (χ0) is 51.8. The van der Waals surface area contributed by atoms with Gasteiger partial charge in [-0.1, -0.05) is 57.2 Å². The number of hydrogen-bond donors (Lipinski definition) is 3. The number of ketones is 2. The lowest BCUT2D eigenvalue weighted by atomic mass is 9.80. The summed E-state index contributed by atoms with van der Waals surface area (Å²) in [6.07, 6.45) is 14.9. The molecule has 5 rings (SSSR count). The van der Waals surface area contributed by atoms with Crippen molar-refractivity contribution in [2.75, 3.05) is 13.7 Å². The predicted molar refractivity (Wildman–Crippen MR) is 266 cm³/mol. The number of carbonyl (C=O) groups is 5. The van der Waals surface area contributed by atoms with Gasteiger partial charge in [0.25, 0.3) is 17.4 Å². The number of cyclic esters (lactones) is 1. The van der Waals surface area contributed by atoms with Crippen molar-refractivity contribution in [3.63, 3.8) is 0 Å². The first kappa shape index (κ1) is 57.0. The largest absolute Gasteiger partial charge is 0.461 e. The van der Waals surface area contributed by atoms with Crippen LogP contribution in [0.4, 0.5) is 5.69 Å². The van der Waals surface area contributed by atoms with E-state index in [0.29, 0.717) is 69.8 Å². The summed E-state index contributed by atoms with van der Waals surface area (Å²) in [6.45, 7) is 9.47. The minimum absolute atomic E-state index is 0.0519. The molecule has 0 radical (unpaired) electrons. The molecule has 2 bridgehead atoms. The Morgan fingerprint density at radius 2 is 1.61 bits per heavy atom. The smallest absolute Gasteiger partial charge is 0.329 e. The highest BCUT2D eigenvalue weighted by Gasteiger charge is 2.49. The Labute approximate surface area is 419 Å². The molecule has 1 unspecified atom stereocenters. The summed E-state index contributed by atoms with van der Waals surface area (Å²) in [5, 5.41) is 44.7. The van der Waals surface area contributed by atoms with Crippen LogP contribution in [0.15, 0.2) is 71.9 Å².